The summed E-state index contributed by atoms with van der Waals surface area (Å²) in [6, 6.07) is 0. The number of aliphatic carboxylic acids is 1. The van der Waals surface area contributed by atoms with Gasteiger partial charge in [-0.1, -0.05) is 0 Å². The zero-order valence-corrected chi connectivity index (χ0v) is 8.45. The number of nitrogens with two attached hydrogens (primary N) is 1. The third kappa shape index (κ3) is 3.64. The molecule has 1 fully saturated rings. The normalized spacial score (nSPS) is 27.5. The standard InChI is InChI=1S/C10H19NO3/c11-6-1-7-14-9-4-2-8(3-5-9)10(12)13/h8-9H,1-7,11H2,(H,12,13). The first-order chi connectivity index (χ1) is 6.74. The summed E-state index contributed by atoms with van der Waals surface area (Å²) in [7, 11) is 0. The summed E-state index contributed by atoms with van der Waals surface area (Å²) in [5.41, 5.74) is 5.35. The molecule has 4 nitrogen and oxygen atoms in total. The molecule has 1 saturated carbocycles. The van der Waals surface area contributed by atoms with Crippen molar-refractivity contribution < 1.29 is 14.6 Å². The van der Waals surface area contributed by atoms with Gasteiger partial charge in [0.1, 0.15) is 0 Å². The molecule has 0 aromatic rings. The lowest BCUT2D eigenvalue weighted by molar-refractivity contribution is -0.143. The number of rotatable bonds is 5. The van der Waals surface area contributed by atoms with Crippen LogP contribution in [0.4, 0.5) is 0 Å². The van der Waals surface area contributed by atoms with E-state index in [0.29, 0.717) is 13.2 Å². The van der Waals surface area contributed by atoms with E-state index in [1.54, 1.807) is 0 Å². The van der Waals surface area contributed by atoms with E-state index in [9.17, 15) is 4.79 Å². The molecule has 82 valence electrons. The Balaban J connectivity index is 2.12. The fraction of sp³-hybridized carbons (Fsp3) is 0.900. The van der Waals surface area contributed by atoms with Gasteiger partial charge in [0.15, 0.2) is 0 Å². The minimum atomic E-state index is -0.662. The second-order valence-corrected chi connectivity index (χ2v) is 3.82. The number of ether oxygens (including phenoxy) is 1. The van der Waals surface area contributed by atoms with Crippen LogP contribution < -0.4 is 5.73 Å². The van der Waals surface area contributed by atoms with Gasteiger partial charge in [0.25, 0.3) is 0 Å². The molecule has 0 heterocycles. The Morgan fingerprint density at radius 3 is 2.50 bits per heavy atom. The van der Waals surface area contributed by atoms with Crippen LogP contribution >= 0.6 is 0 Å². The maximum absolute atomic E-state index is 10.7. The van der Waals surface area contributed by atoms with Crippen molar-refractivity contribution in [1.82, 2.24) is 0 Å². The van der Waals surface area contributed by atoms with E-state index < -0.39 is 5.97 Å². The van der Waals surface area contributed by atoms with Gasteiger partial charge in [0, 0.05) is 6.61 Å². The summed E-state index contributed by atoms with van der Waals surface area (Å²) in [5, 5.41) is 8.78. The molecule has 4 heteroatoms. The highest BCUT2D eigenvalue weighted by Gasteiger charge is 2.25. The molecule has 3 N–H and O–H groups in total. The number of carboxylic acids is 1. The largest absolute Gasteiger partial charge is 0.481 e. The van der Waals surface area contributed by atoms with Crippen LogP contribution in [0.1, 0.15) is 32.1 Å². The first-order valence-electron chi connectivity index (χ1n) is 5.28. The highest BCUT2D eigenvalue weighted by Crippen LogP contribution is 2.26. The average molecular weight is 201 g/mol. The Hall–Kier alpha value is -0.610. The van der Waals surface area contributed by atoms with Crippen molar-refractivity contribution in [3.8, 4) is 0 Å². The van der Waals surface area contributed by atoms with Gasteiger partial charge in [-0.25, -0.2) is 0 Å². The van der Waals surface area contributed by atoms with Gasteiger partial charge >= 0.3 is 5.97 Å². The minimum absolute atomic E-state index is 0.149. The van der Waals surface area contributed by atoms with Crippen molar-refractivity contribution >= 4 is 5.97 Å². The van der Waals surface area contributed by atoms with Crippen LogP contribution in [0.25, 0.3) is 0 Å². The van der Waals surface area contributed by atoms with Gasteiger partial charge in [-0.2, -0.15) is 0 Å². The van der Waals surface area contributed by atoms with Gasteiger partial charge in [-0.3, -0.25) is 4.79 Å². The lowest BCUT2D eigenvalue weighted by Gasteiger charge is -2.26. The highest BCUT2D eigenvalue weighted by atomic mass is 16.5. The molecule has 14 heavy (non-hydrogen) atoms. The zero-order valence-electron chi connectivity index (χ0n) is 8.45. The smallest absolute Gasteiger partial charge is 0.306 e. The topological polar surface area (TPSA) is 72.5 Å². The molecule has 1 aliphatic rings. The summed E-state index contributed by atoms with van der Waals surface area (Å²) in [4.78, 5) is 10.7. The average Bonchev–Trinajstić information content (AvgIpc) is 2.19. The number of hydrogen-bond acceptors (Lipinski definition) is 3. The second-order valence-electron chi connectivity index (χ2n) is 3.82. The lowest BCUT2D eigenvalue weighted by Crippen LogP contribution is -2.26. The van der Waals surface area contributed by atoms with Crippen molar-refractivity contribution in [3.05, 3.63) is 0 Å². The maximum atomic E-state index is 10.7. The van der Waals surface area contributed by atoms with Gasteiger partial charge in [0.05, 0.1) is 12.0 Å². The molecule has 0 aromatic carbocycles. The molecule has 0 aliphatic heterocycles. The Morgan fingerprint density at radius 1 is 1.36 bits per heavy atom. The second kappa shape index (κ2) is 5.98. The van der Waals surface area contributed by atoms with Crippen LogP contribution in [0.15, 0.2) is 0 Å². The summed E-state index contributed by atoms with van der Waals surface area (Å²) in [6.07, 6.45) is 4.41. The Morgan fingerprint density at radius 2 is 2.00 bits per heavy atom. The quantitative estimate of drug-likeness (QED) is 0.651. The Labute approximate surface area is 84.4 Å². The number of hydrogen-bond donors (Lipinski definition) is 2. The van der Waals surface area contributed by atoms with Crippen LogP contribution in [-0.2, 0) is 9.53 Å². The fourth-order valence-electron chi connectivity index (χ4n) is 1.81. The summed E-state index contributed by atoms with van der Waals surface area (Å²) in [5.74, 6) is -0.810. The van der Waals surface area contributed by atoms with E-state index in [0.717, 1.165) is 32.1 Å². The third-order valence-electron chi connectivity index (χ3n) is 2.73. The minimum Gasteiger partial charge on any atom is -0.481 e. The molecule has 0 unspecified atom stereocenters. The Kier molecular flexibility index (Phi) is 4.90. The molecule has 1 aliphatic carbocycles. The van der Waals surface area contributed by atoms with Crippen molar-refractivity contribution in [2.75, 3.05) is 13.2 Å². The van der Waals surface area contributed by atoms with Gasteiger partial charge < -0.3 is 15.6 Å². The van der Waals surface area contributed by atoms with Crippen molar-refractivity contribution in [2.24, 2.45) is 11.7 Å². The number of carboxylic acid groups (broad SMARTS) is 1. The van der Waals surface area contributed by atoms with Crippen molar-refractivity contribution in [2.45, 2.75) is 38.2 Å². The van der Waals surface area contributed by atoms with E-state index in [4.69, 9.17) is 15.6 Å². The van der Waals surface area contributed by atoms with E-state index in [2.05, 4.69) is 0 Å². The molecule has 0 saturated heterocycles. The molecule has 0 aromatic heterocycles. The SMILES string of the molecule is NCCCOC1CCC(C(=O)O)CC1. The van der Waals surface area contributed by atoms with Crippen molar-refractivity contribution in [1.29, 1.82) is 0 Å². The van der Waals surface area contributed by atoms with Gasteiger partial charge in [-0.05, 0) is 38.6 Å². The molecule has 0 atom stereocenters. The summed E-state index contributed by atoms with van der Waals surface area (Å²) < 4.78 is 5.58. The molecule has 0 amide bonds. The monoisotopic (exact) mass is 201 g/mol. The summed E-state index contributed by atoms with van der Waals surface area (Å²) >= 11 is 0. The van der Waals surface area contributed by atoms with Gasteiger partial charge in [0.2, 0.25) is 0 Å². The molecular formula is C10H19NO3. The third-order valence-corrected chi connectivity index (χ3v) is 2.73. The van der Waals surface area contributed by atoms with Crippen LogP contribution in [0.5, 0.6) is 0 Å². The molecule has 1 rings (SSSR count). The Bertz CT molecular complexity index is 176. The maximum Gasteiger partial charge on any atom is 0.306 e. The first-order valence-corrected chi connectivity index (χ1v) is 5.28. The molecule has 0 radical (unpaired) electrons. The predicted octanol–water partition coefficient (Wildman–Crippen LogP) is 0.995. The van der Waals surface area contributed by atoms with E-state index in [1.807, 2.05) is 0 Å². The van der Waals surface area contributed by atoms with Gasteiger partial charge in [-0.15, -0.1) is 0 Å². The zero-order chi connectivity index (χ0) is 10.4. The predicted molar refractivity (Wildman–Crippen MR) is 53.0 cm³/mol. The lowest BCUT2D eigenvalue weighted by atomic mass is 9.87. The van der Waals surface area contributed by atoms with E-state index >= 15 is 0 Å². The highest BCUT2D eigenvalue weighted by molar-refractivity contribution is 5.69. The summed E-state index contributed by atoms with van der Waals surface area (Å²) in [6.45, 7) is 1.36. The fourth-order valence-corrected chi connectivity index (χ4v) is 1.81. The molecule has 0 spiro atoms. The number of carbonyl (C=O) groups is 1. The van der Waals surface area contributed by atoms with E-state index in [-0.39, 0.29) is 12.0 Å². The van der Waals surface area contributed by atoms with Crippen LogP contribution in [0.3, 0.4) is 0 Å². The van der Waals surface area contributed by atoms with Crippen LogP contribution in [0, 0.1) is 5.92 Å². The van der Waals surface area contributed by atoms with Crippen LogP contribution in [0.2, 0.25) is 0 Å². The molecular weight excluding hydrogens is 182 g/mol. The van der Waals surface area contributed by atoms with Crippen LogP contribution in [-0.4, -0.2) is 30.3 Å². The van der Waals surface area contributed by atoms with Crippen molar-refractivity contribution in [3.63, 3.8) is 0 Å². The first kappa shape index (κ1) is 11.5. The molecule has 0 bridgehead atoms. The van der Waals surface area contributed by atoms with E-state index in [1.165, 1.54) is 0 Å².